The van der Waals surface area contributed by atoms with Crippen LogP contribution >= 0.6 is 0 Å². The molecule has 1 heterocycles. The Morgan fingerprint density at radius 2 is 1.64 bits per heavy atom. The quantitative estimate of drug-likeness (QED) is 0.718. The number of anilines is 1. The van der Waals surface area contributed by atoms with Crippen molar-refractivity contribution in [2.75, 3.05) is 31.1 Å². The van der Waals surface area contributed by atoms with Crippen LogP contribution in [-0.4, -0.2) is 33.0 Å². The van der Waals surface area contributed by atoms with Gasteiger partial charge in [-0.05, 0) is 12.1 Å². The molecule has 0 aromatic heterocycles. The Morgan fingerprint density at radius 3 is 2.21 bits per heavy atom. The molecule has 0 amide bonds. The van der Waals surface area contributed by atoms with Gasteiger partial charge in [0.15, 0.2) is 0 Å². The molecular weight excluding hydrogens is 176 g/mol. The van der Waals surface area contributed by atoms with Gasteiger partial charge in [-0.3, -0.25) is 0 Å². The fourth-order valence-electron chi connectivity index (χ4n) is 1.56. The molecule has 0 saturated carbocycles. The Morgan fingerprint density at radius 1 is 1.07 bits per heavy atom. The summed E-state index contributed by atoms with van der Waals surface area (Å²) in [5.41, 5.74) is 1.35. The van der Waals surface area contributed by atoms with Crippen LogP contribution in [0.3, 0.4) is 0 Å². The number of nitrogens with zero attached hydrogens (tertiary/aromatic N) is 1. The monoisotopic (exact) mass is 192 g/mol. The van der Waals surface area contributed by atoms with E-state index in [0.29, 0.717) is 0 Å². The van der Waals surface area contributed by atoms with Crippen LogP contribution in [0.4, 0.5) is 5.69 Å². The molecule has 3 nitrogen and oxygen atoms in total. The van der Waals surface area contributed by atoms with E-state index in [-0.39, 0.29) is 0 Å². The number of rotatable bonds is 1. The van der Waals surface area contributed by atoms with Crippen LogP contribution in [-0.2, 0) is 4.79 Å². The minimum Gasteiger partial charge on any atom is -0.369 e. The average Bonchev–Trinajstić information content (AvgIpc) is 2.34. The second-order valence-corrected chi connectivity index (χ2v) is 3.07. The van der Waals surface area contributed by atoms with E-state index in [0.717, 1.165) is 26.2 Å². The maximum atomic E-state index is 8.00. The largest absolute Gasteiger partial charge is 0.369 e. The average molecular weight is 192 g/mol. The van der Waals surface area contributed by atoms with Crippen molar-refractivity contribution in [3.8, 4) is 0 Å². The zero-order chi connectivity index (χ0) is 10.2. The molecule has 14 heavy (non-hydrogen) atoms. The molecule has 1 aromatic carbocycles. The number of nitrogens with one attached hydrogen (secondary N) is 1. The molecule has 0 spiro atoms. The van der Waals surface area contributed by atoms with Gasteiger partial charge in [-0.1, -0.05) is 18.2 Å². The van der Waals surface area contributed by atoms with E-state index in [1.165, 1.54) is 5.69 Å². The van der Waals surface area contributed by atoms with Crippen molar-refractivity contribution in [2.45, 2.75) is 0 Å². The molecule has 76 valence electrons. The first-order chi connectivity index (χ1) is 6.97. The second-order valence-electron chi connectivity index (χ2n) is 3.07. The Hall–Kier alpha value is -1.35. The zero-order valence-corrected chi connectivity index (χ0v) is 8.28. The Balaban J connectivity index is 0.000000461. The molecule has 2 rings (SSSR count). The van der Waals surface area contributed by atoms with Crippen LogP contribution in [0, 0.1) is 0 Å². The minimum absolute atomic E-state index is 1.11. The highest BCUT2D eigenvalue weighted by Crippen LogP contribution is 2.12. The van der Waals surface area contributed by atoms with Crippen LogP contribution in [0.1, 0.15) is 0 Å². The maximum absolute atomic E-state index is 8.00. The van der Waals surface area contributed by atoms with Crippen LogP contribution in [0.5, 0.6) is 0 Å². The van der Waals surface area contributed by atoms with Gasteiger partial charge in [-0.25, -0.2) is 0 Å². The van der Waals surface area contributed by atoms with Gasteiger partial charge in [0, 0.05) is 31.9 Å². The van der Waals surface area contributed by atoms with Gasteiger partial charge < -0.3 is 15.0 Å². The van der Waals surface area contributed by atoms with Gasteiger partial charge in [0.1, 0.15) is 6.79 Å². The van der Waals surface area contributed by atoms with E-state index < -0.39 is 0 Å². The molecule has 1 fully saturated rings. The Kier molecular flexibility index (Phi) is 4.72. The smallest absolute Gasteiger partial charge is 0.106 e. The highest BCUT2D eigenvalue weighted by Gasteiger charge is 2.08. The lowest BCUT2D eigenvalue weighted by atomic mass is 10.2. The summed E-state index contributed by atoms with van der Waals surface area (Å²) in [7, 11) is 0. The highest BCUT2D eigenvalue weighted by molar-refractivity contribution is 5.46. The molecule has 1 saturated heterocycles. The lowest BCUT2D eigenvalue weighted by Crippen LogP contribution is -2.43. The van der Waals surface area contributed by atoms with Crippen molar-refractivity contribution >= 4 is 12.5 Å². The summed E-state index contributed by atoms with van der Waals surface area (Å²) in [6.07, 6.45) is 0. The third-order valence-corrected chi connectivity index (χ3v) is 2.24. The predicted molar refractivity (Wildman–Crippen MR) is 58.6 cm³/mol. The van der Waals surface area contributed by atoms with Gasteiger partial charge in [0.05, 0.1) is 0 Å². The Labute approximate surface area is 84.7 Å². The van der Waals surface area contributed by atoms with Crippen LogP contribution in [0.15, 0.2) is 30.3 Å². The molecule has 0 radical (unpaired) electrons. The molecule has 0 atom stereocenters. The van der Waals surface area contributed by atoms with Gasteiger partial charge in [-0.15, -0.1) is 0 Å². The maximum Gasteiger partial charge on any atom is 0.106 e. The summed E-state index contributed by atoms with van der Waals surface area (Å²) in [6.45, 7) is 6.47. The first-order valence-corrected chi connectivity index (χ1v) is 4.76. The first kappa shape index (κ1) is 10.7. The zero-order valence-electron chi connectivity index (χ0n) is 8.28. The number of benzene rings is 1. The second kappa shape index (κ2) is 6.16. The molecule has 1 aliphatic heterocycles. The van der Waals surface area contributed by atoms with Crippen molar-refractivity contribution in [3.05, 3.63) is 30.3 Å². The van der Waals surface area contributed by atoms with Crippen molar-refractivity contribution in [2.24, 2.45) is 0 Å². The van der Waals surface area contributed by atoms with E-state index in [1.54, 1.807) is 0 Å². The SMILES string of the molecule is C=O.c1ccc(N2CCNCC2)cc1. The summed E-state index contributed by atoms with van der Waals surface area (Å²) in [6, 6.07) is 10.6. The first-order valence-electron chi connectivity index (χ1n) is 4.76. The lowest BCUT2D eigenvalue weighted by Gasteiger charge is -2.29. The molecule has 0 bridgehead atoms. The number of piperazine rings is 1. The number of carbonyl (C=O) groups is 1. The van der Waals surface area contributed by atoms with E-state index >= 15 is 0 Å². The van der Waals surface area contributed by atoms with Crippen LogP contribution in [0.25, 0.3) is 0 Å². The standard InChI is InChI=1S/C10H14N2.CH2O/c1-2-4-10(5-3-1)12-8-6-11-7-9-12;1-2/h1-5,11H,6-9H2;1H2. The molecule has 3 heteroatoms. The van der Waals surface area contributed by atoms with E-state index in [9.17, 15) is 0 Å². The number of para-hydroxylation sites is 1. The Bertz CT molecular complexity index is 245. The summed E-state index contributed by atoms with van der Waals surface area (Å²) in [4.78, 5) is 10.4. The van der Waals surface area contributed by atoms with Gasteiger partial charge in [-0.2, -0.15) is 0 Å². The van der Waals surface area contributed by atoms with Crippen molar-refractivity contribution < 1.29 is 4.79 Å². The van der Waals surface area contributed by atoms with Crippen molar-refractivity contribution in [1.82, 2.24) is 5.32 Å². The van der Waals surface area contributed by atoms with E-state index in [4.69, 9.17) is 4.79 Å². The van der Waals surface area contributed by atoms with Crippen LogP contribution in [0.2, 0.25) is 0 Å². The topological polar surface area (TPSA) is 32.3 Å². The van der Waals surface area contributed by atoms with Crippen molar-refractivity contribution in [3.63, 3.8) is 0 Å². The molecule has 0 aliphatic carbocycles. The summed E-state index contributed by atoms with van der Waals surface area (Å²) in [5.74, 6) is 0. The fraction of sp³-hybridized carbons (Fsp3) is 0.364. The third kappa shape index (κ3) is 2.85. The van der Waals surface area contributed by atoms with Crippen molar-refractivity contribution in [1.29, 1.82) is 0 Å². The highest BCUT2D eigenvalue weighted by atomic mass is 16.1. The predicted octanol–water partition coefficient (Wildman–Crippen LogP) is 0.911. The van der Waals surface area contributed by atoms with E-state index in [1.807, 2.05) is 6.79 Å². The van der Waals surface area contributed by atoms with Gasteiger partial charge >= 0.3 is 0 Å². The fourth-order valence-corrected chi connectivity index (χ4v) is 1.56. The lowest BCUT2D eigenvalue weighted by molar-refractivity contribution is -0.0979. The molecule has 0 unspecified atom stereocenters. The third-order valence-electron chi connectivity index (χ3n) is 2.24. The summed E-state index contributed by atoms with van der Waals surface area (Å²) in [5, 5.41) is 3.34. The molecule has 1 N–H and O–H groups in total. The number of hydrogen-bond acceptors (Lipinski definition) is 3. The normalized spacial score (nSPS) is 15.6. The number of carbonyl (C=O) groups excluding carboxylic acids is 1. The summed E-state index contributed by atoms with van der Waals surface area (Å²) >= 11 is 0. The summed E-state index contributed by atoms with van der Waals surface area (Å²) < 4.78 is 0. The molecule has 1 aromatic rings. The minimum atomic E-state index is 1.11. The molecular formula is C11H16N2O. The molecule has 1 aliphatic rings. The van der Waals surface area contributed by atoms with Gasteiger partial charge in [0.25, 0.3) is 0 Å². The van der Waals surface area contributed by atoms with E-state index in [2.05, 4.69) is 40.5 Å². The van der Waals surface area contributed by atoms with Crippen LogP contribution < -0.4 is 10.2 Å². The van der Waals surface area contributed by atoms with Gasteiger partial charge in [0.2, 0.25) is 0 Å². The number of hydrogen-bond donors (Lipinski definition) is 1.